The van der Waals surface area contributed by atoms with Gasteiger partial charge in [-0.3, -0.25) is 29.4 Å². The molecule has 0 fully saturated rings. The number of Topliss-reactive ketones (excluding diaryl/α,β-unsaturated/α-hetero) is 1. The molecule has 39 heavy (non-hydrogen) atoms. The van der Waals surface area contributed by atoms with E-state index in [1.54, 1.807) is 60.0 Å². The van der Waals surface area contributed by atoms with Crippen LogP contribution in [0.25, 0.3) is 0 Å². The fraction of sp³-hybridized carbons (Fsp3) is 0.161. The van der Waals surface area contributed by atoms with Crippen molar-refractivity contribution in [2.24, 2.45) is 4.99 Å². The Morgan fingerprint density at radius 1 is 0.872 bits per heavy atom. The van der Waals surface area contributed by atoms with Gasteiger partial charge in [0.2, 0.25) is 0 Å². The van der Waals surface area contributed by atoms with Crippen molar-refractivity contribution < 1.29 is 9.59 Å². The van der Waals surface area contributed by atoms with E-state index in [2.05, 4.69) is 16.0 Å². The largest absolute Gasteiger partial charge is 0.294 e. The summed E-state index contributed by atoms with van der Waals surface area (Å²) in [6.45, 7) is 0.187. The molecule has 3 heterocycles. The molecule has 1 amide bonds. The molecule has 0 saturated carbocycles. The van der Waals surface area contributed by atoms with Crippen LogP contribution in [0.1, 0.15) is 39.0 Å². The summed E-state index contributed by atoms with van der Waals surface area (Å²) < 4.78 is 0. The molecule has 192 valence electrons. The van der Waals surface area contributed by atoms with Crippen molar-refractivity contribution >= 4 is 29.1 Å². The molecule has 2 aromatic carbocycles. The Morgan fingerprint density at radius 2 is 1.46 bits per heavy atom. The Labute approximate surface area is 231 Å². The standard InChI is InChI=1S/C31H24ClN5O2/c32-27-4-2-1-3-26(27)21-37-29(17-28(38)25-7-5-24(20-33)6-8-25)36-31(30(37)39,18-22-9-13-34-14-10-22)19-23-11-15-35-16-12-23/h1-16H,17-19,21H2. The van der Waals surface area contributed by atoms with E-state index in [-0.39, 0.29) is 24.7 Å². The molecule has 1 aliphatic heterocycles. The van der Waals surface area contributed by atoms with Gasteiger partial charge >= 0.3 is 0 Å². The average molecular weight is 534 g/mol. The normalized spacial score (nSPS) is 14.1. The summed E-state index contributed by atoms with van der Waals surface area (Å²) in [6, 6.07) is 23.3. The third-order valence-corrected chi connectivity index (χ3v) is 7.10. The average Bonchev–Trinajstić information content (AvgIpc) is 3.20. The topological polar surface area (TPSA) is 99.3 Å². The molecule has 0 spiro atoms. The highest BCUT2D eigenvalue weighted by Gasteiger charge is 2.48. The summed E-state index contributed by atoms with van der Waals surface area (Å²) in [7, 11) is 0. The van der Waals surface area contributed by atoms with E-state index in [4.69, 9.17) is 21.9 Å². The van der Waals surface area contributed by atoms with E-state index in [1.807, 2.05) is 42.5 Å². The predicted molar refractivity (Wildman–Crippen MR) is 148 cm³/mol. The molecule has 0 radical (unpaired) electrons. The van der Waals surface area contributed by atoms with Crippen LogP contribution in [0.4, 0.5) is 0 Å². The quantitative estimate of drug-likeness (QED) is 0.274. The van der Waals surface area contributed by atoms with Gasteiger partial charge in [-0.1, -0.05) is 41.9 Å². The number of benzene rings is 2. The second kappa shape index (κ2) is 11.4. The van der Waals surface area contributed by atoms with Gasteiger partial charge in [0.25, 0.3) is 5.91 Å². The monoisotopic (exact) mass is 533 g/mol. The van der Waals surface area contributed by atoms with Gasteiger partial charge in [0, 0.05) is 48.2 Å². The lowest BCUT2D eigenvalue weighted by atomic mass is 9.85. The fourth-order valence-corrected chi connectivity index (χ4v) is 4.96. The molecule has 0 saturated heterocycles. The van der Waals surface area contributed by atoms with Crippen LogP contribution in [0.5, 0.6) is 0 Å². The highest BCUT2D eigenvalue weighted by molar-refractivity contribution is 6.31. The molecular weight excluding hydrogens is 510 g/mol. The number of hydrogen-bond acceptors (Lipinski definition) is 6. The van der Waals surface area contributed by atoms with Crippen molar-refractivity contribution in [3.63, 3.8) is 0 Å². The maximum atomic E-state index is 14.4. The van der Waals surface area contributed by atoms with Gasteiger partial charge in [0.15, 0.2) is 5.78 Å². The number of aromatic nitrogens is 2. The third kappa shape index (κ3) is 5.77. The van der Waals surface area contributed by atoms with Crippen molar-refractivity contribution in [1.29, 1.82) is 5.26 Å². The van der Waals surface area contributed by atoms with Gasteiger partial charge in [-0.15, -0.1) is 0 Å². The summed E-state index contributed by atoms with van der Waals surface area (Å²) in [5.74, 6) is -0.00474. The van der Waals surface area contributed by atoms with Crippen molar-refractivity contribution in [3.05, 3.63) is 130 Å². The summed E-state index contributed by atoms with van der Waals surface area (Å²) in [5.41, 5.74) is 2.33. The van der Waals surface area contributed by atoms with Crippen molar-refractivity contribution in [1.82, 2.24) is 14.9 Å². The maximum Gasteiger partial charge on any atom is 0.256 e. The van der Waals surface area contributed by atoms with Crippen molar-refractivity contribution in [3.8, 4) is 6.07 Å². The van der Waals surface area contributed by atoms with Crippen LogP contribution < -0.4 is 0 Å². The number of aliphatic imine (C=N–C) groups is 1. The molecule has 5 rings (SSSR count). The van der Waals surface area contributed by atoms with E-state index in [0.29, 0.717) is 34.8 Å². The minimum absolute atomic E-state index is 0.0729. The Kier molecular flexibility index (Phi) is 7.57. The second-order valence-corrected chi connectivity index (χ2v) is 9.80. The number of pyridine rings is 2. The minimum Gasteiger partial charge on any atom is -0.294 e. The van der Waals surface area contributed by atoms with Crippen LogP contribution in [-0.2, 0) is 24.2 Å². The van der Waals surface area contributed by atoms with Gasteiger partial charge in [0.1, 0.15) is 11.4 Å². The zero-order chi connectivity index (χ0) is 27.2. The molecule has 0 atom stereocenters. The third-order valence-electron chi connectivity index (χ3n) is 6.73. The first kappa shape index (κ1) is 26.0. The molecule has 8 heteroatoms. The number of carbonyl (C=O) groups excluding carboxylic acids is 2. The number of ketones is 1. The lowest BCUT2D eigenvalue weighted by Gasteiger charge is -2.27. The lowest BCUT2D eigenvalue weighted by molar-refractivity contribution is -0.131. The first-order chi connectivity index (χ1) is 19.0. The number of amides is 1. The second-order valence-electron chi connectivity index (χ2n) is 9.40. The minimum atomic E-state index is -1.16. The lowest BCUT2D eigenvalue weighted by Crippen LogP contribution is -2.45. The number of rotatable bonds is 9. The number of nitriles is 1. The van der Waals surface area contributed by atoms with Crippen LogP contribution in [-0.4, -0.2) is 37.9 Å². The van der Waals surface area contributed by atoms with Crippen LogP contribution in [0.3, 0.4) is 0 Å². The molecule has 0 aliphatic carbocycles. The summed E-state index contributed by atoms with van der Waals surface area (Å²) in [5, 5.41) is 9.64. The van der Waals surface area contributed by atoms with Gasteiger partial charge < -0.3 is 0 Å². The number of amidine groups is 1. The first-order valence-electron chi connectivity index (χ1n) is 12.4. The smallest absolute Gasteiger partial charge is 0.256 e. The van der Waals surface area contributed by atoms with Crippen LogP contribution in [0, 0.1) is 11.3 Å². The molecule has 0 N–H and O–H groups in total. The van der Waals surface area contributed by atoms with Gasteiger partial charge in [-0.05, 0) is 59.2 Å². The summed E-state index contributed by atoms with van der Waals surface area (Å²) in [6.07, 6.45) is 7.36. The van der Waals surface area contributed by atoms with Crippen molar-refractivity contribution in [2.75, 3.05) is 0 Å². The zero-order valence-electron chi connectivity index (χ0n) is 21.0. The molecule has 0 unspecified atom stereocenters. The maximum absolute atomic E-state index is 14.4. The van der Waals surface area contributed by atoms with Crippen molar-refractivity contribution in [2.45, 2.75) is 31.3 Å². The predicted octanol–water partition coefficient (Wildman–Crippen LogP) is 5.24. The Hall–Kier alpha value is -4.67. The van der Waals surface area contributed by atoms with E-state index in [9.17, 15) is 9.59 Å². The SMILES string of the molecule is N#Cc1ccc(C(=O)CC2=NC(Cc3ccncc3)(Cc3ccncc3)C(=O)N2Cc2ccccc2Cl)cc1. The van der Waals surface area contributed by atoms with E-state index in [1.165, 1.54) is 0 Å². The first-order valence-corrected chi connectivity index (χ1v) is 12.8. The van der Waals surface area contributed by atoms with Crippen LogP contribution in [0.2, 0.25) is 5.02 Å². The Balaban J connectivity index is 1.56. The molecule has 4 aromatic rings. The van der Waals surface area contributed by atoms with E-state index in [0.717, 1.165) is 16.7 Å². The zero-order valence-corrected chi connectivity index (χ0v) is 21.8. The van der Waals surface area contributed by atoms with Gasteiger partial charge in [-0.2, -0.15) is 5.26 Å². The molecule has 0 bridgehead atoms. The Bertz CT molecular complexity index is 1520. The molecular formula is C31H24ClN5O2. The fourth-order valence-electron chi connectivity index (χ4n) is 4.76. The van der Waals surface area contributed by atoms with Crippen LogP contribution >= 0.6 is 11.6 Å². The van der Waals surface area contributed by atoms with E-state index < -0.39 is 5.54 Å². The van der Waals surface area contributed by atoms with E-state index >= 15 is 0 Å². The summed E-state index contributed by atoms with van der Waals surface area (Å²) >= 11 is 6.47. The van der Waals surface area contributed by atoms with Gasteiger partial charge in [-0.25, -0.2) is 0 Å². The molecule has 7 nitrogen and oxygen atoms in total. The molecule has 1 aliphatic rings. The van der Waals surface area contributed by atoms with Crippen LogP contribution in [0.15, 0.2) is 103 Å². The highest BCUT2D eigenvalue weighted by Crippen LogP contribution is 2.34. The number of hydrogen-bond donors (Lipinski definition) is 0. The Morgan fingerprint density at radius 3 is 2.03 bits per heavy atom. The van der Waals surface area contributed by atoms with Gasteiger partial charge in [0.05, 0.1) is 24.6 Å². The highest BCUT2D eigenvalue weighted by atomic mass is 35.5. The molecule has 2 aromatic heterocycles. The number of nitrogens with zero attached hydrogens (tertiary/aromatic N) is 5. The summed E-state index contributed by atoms with van der Waals surface area (Å²) in [4.78, 5) is 42.5. The number of carbonyl (C=O) groups is 2. The number of halogens is 1.